The van der Waals surface area contributed by atoms with Crippen molar-refractivity contribution in [3.63, 3.8) is 0 Å². The van der Waals surface area contributed by atoms with Gasteiger partial charge in [-0.2, -0.15) is 0 Å². The Balaban J connectivity index is 1.83. The van der Waals surface area contributed by atoms with Gasteiger partial charge < -0.3 is 10.2 Å². The number of likely N-dealkylation sites (N-methyl/N-ethyl adjacent to an activating group) is 1. The first-order chi connectivity index (χ1) is 9.60. The van der Waals surface area contributed by atoms with Crippen molar-refractivity contribution < 1.29 is 0 Å². The summed E-state index contributed by atoms with van der Waals surface area (Å²) in [5.41, 5.74) is 2.17. The number of hydrogen-bond acceptors (Lipinski definition) is 6. The molecule has 0 amide bonds. The molecule has 20 heavy (non-hydrogen) atoms. The second kappa shape index (κ2) is 5.46. The number of aryl methyl sites for hydroxylation is 2. The third-order valence-electron chi connectivity index (χ3n) is 3.52. The molecule has 0 spiro atoms. The maximum atomic E-state index is 4.60. The van der Waals surface area contributed by atoms with Crippen molar-refractivity contribution in [2.75, 3.05) is 25.5 Å². The Kier molecular flexibility index (Phi) is 3.67. The van der Waals surface area contributed by atoms with Crippen molar-refractivity contribution in [2.45, 2.75) is 26.2 Å². The van der Waals surface area contributed by atoms with Crippen molar-refractivity contribution in [2.24, 2.45) is 0 Å². The Morgan fingerprint density at radius 1 is 1.30 bits per heavy atom. The number of anilines is 2. The molecule has 3 rings (SSSR count). The summed E-state index contributed by atoms with van der Waals surface area (Å²) in [7, 11) is 2.16. The molecule has 1 aliphatic rings. The maximum Gasteiger partial charge on any atom is 0.188 e. The predicted molar refractivity (Wildman–Crippen MR) is 81.8 cm³/mol. The molecule has 0 aliphatic carbocycles. The lowest BCUT2D eigenvalue weighted by Gasteiger charge is -2.12. The molecule has 2 aromatic heterocycles. The predicted octanol–water partition coefficient (Wildman–Crippen LogP) is 2.71. The van der Waals surface area contributed by atoms with E-state index in [4.69, 9.17) is 0 Å². The van der Waals surface area contributed by atoms with E-state index in [1.165, 1.54) is 6.42 Å². The molecule has 0 radical (unpaired) electrons. The number of nitrogens with one attached hydrogen (secondary N) is 1. The second-order valence-corrected chi connectivity index (χ2v) is 6.25. The van der Waals surface area contributed by atoms with Gasteiger partial charge in [-0.3, -0.25) is 0 Å². The summed E-state index contributed by atoms with van der Waals surface area (Å²) in [6.07, 6.45) is 1.17. The van der Waals surface area contributed by atoms with Crippen LogP contribution in [0.25, 0.3) is 0 Å². The molecule has 5 nitrogen and oxygen atoms in total. The van der Waals surface area contributed by atoms with Gasteiger partial charge in [0.1, 0.15) is 11.6 Å². The number of aromatic nitrogens is 3. The van der Waals surface area contributed by atoms with E-state index in [1.807, 2.05) is 19.2 Å². The second-order valence-electron chi connectivity index (χ2n) is 5.39. The minimum atomic E-state index is 0.514. The van der Waals surface area contributed by atoms with E-state index in [-0.39, 0.29) is 0 Å². The van der Waals surface area contributed by atoms with Gasteiger partial charge in [0.15, 0.2) is 5.13 Å². The van der Waals surface area contributed by atoms with Gasteiger partial charge in [-0.15, -0.1) is 11.3 Å². The molecule has 2 aromatic rings. The van der Waals surface area contributed by atoms with Crippen LogP contribution in [0, 0.1) is 13.8 Å². The largest absolute Gasteiger partial charge is 0.316 e. The zero-order valence-electron chi connectivity index (χ0n) is 12.1. The third-order valence-corrected chi connectivity index (χ3v) is 4.40. The van der Waals surface area contributed by atoms with Crippen molar-refractivity contribution in [3.8, 4) is 0 Å². The first kappa shape index (κ1) is 13.5. The standard InChI is InChI=1S/C14H19N5S/c1-9-8-20-14(15-9)18-13-6-12(16-10(2)17-13)11-4-5-19(3)7-11/h6,8,11H,4-5,7H2,1-3H3,(H,15,16,17,18). The highest BCUT2D eigenvalue weighted by atomic mass is 32.1. The third kappa shape index (κ3) is 2.96. The SMILES string of the molecule is Cc1csc(Nc2cc(C3CCN(C)C3)nc(C)n2)n1. The van der Waals surface area contributed by atoms with Crippen LogP contribution in [0.5, 0.6) is 0 Å². The van der Waals surface area contributed by atoms with Crippen LogP contribution in [-0.2, 0) is 0 Å². The normalized spacial score (nSPS) is 19.4. The Labute approximate surface area is 123 Å². The molecule has 0 saturated carbocycles. The molecule has 6 heteroatoms. The van der Waals surface area contributed by atoms with Gasteiger partial charge in [0.2, 0.25) is 0 Å². The number of rotatable bonds is 3. The molecule has 1 fully saturated rings. The first-order valence-electron chi connectivity index (χ1n) is 6.83. The zero-order valence-corrected chi connectivity index (χ0v) is 12.9. The van der Waals surface area contributed by atoms with Crippen LogP contribution < -0.4 is 5.32 Å². The van der Waals surface area contributed by atoms with E-state index in [0.717, 1.165) is 41.3 Å². The van der Waals surface area contributed by atoms with E-state index in [2.05, 4.69) is 38.3 Å². The monoisotopic (exact) mass is 289 g/mol. The minimum Gasteiger partial charge on any atom is -0.316 e. The molecular formula is C14H19N5S. The summed E-state index contributed by atoms with van der Waals surface area (Å²) in [6.45, 7) is 6.15. The Morgan fingerprint density at radius 3 is 2.80 bits per heavy atom. The number of likely N-dealkylation sites (tertiary alicyclic amines) is 1. The number of hydrogen-bond donors (Lipinski definition) is 1. The van der Waals surface area contributed by atoms with Crippen LogP contribution >= 0.6 is 11.3 Å². The molecule has 3 heterocycles. The highest BCUT2D eigenvalue weighted by Crippen LogP contribution is 2.27. The molecule has 0 aromatic carbocycles. The van der Waals surface area contributed by atoms with E-state index < -0.39 is 0 Å². The van der Waals surface area contributed by atoms with E-state index in [9.17, 15) is 0 Å². The highest BCUT2D eigenvalue weighted by molar-refractivity contribution is 7.13. The quantitative estimate of drug-likeness (QED) is 0.941. The minimum absolute atomic E-state index is 0.514. The van der Waals surface area contributed by atoms with E-state index in [0.29, 0.717) is 5.92 Å². The molecular weight excluding hydrogens is 270 g/mol. The lowest BCUT2D eigenvalue weighted by Crippen LogP contribution is -2.14. The molecule has 1 saturated heterocycles. The lowest BCUT2D eigenvalue weighted by molar-refractivity contribution is 0.410. The van der Waals surface area contributed by atoms with Gasteiger partial charge in [-0.1, -0.05) is 0 Å². The zero-order chi connectivity index (χ0) is 14.1. The average molecular weight is 289 g/mol. The van der Waals surface area contributed by atoms with Crippen LogP contribution in [0.15, 0.2) is 11.4 Å². The molecule has 1 N–H and O–H groups in total. The maximum absolute atomic E-state index is 4.60. The van der Waals surface area contributed by atoms with Gasteiger partial charge >= 0.3 is 0 Å². The number of thiazole rings is 1. The van der Waals surface area contributed by atoms with Crippen LogP contribution in [0.4, 0.5) is 10.9 Å². The van der Waals surface area contributed by atoms with Crippen molar-refractivity contribution in [1.29, 1.82) is 0 Å². The summed E-state index contributed by atoms with van der Waals surface area (Å²) >= 11 is 1.60. The summed E-state index contributed by atoms with van der Waals surface area (Å²) in [5.74, 6) is 2.17. The summed E-state index contributed by atoms with van der Waals surface area (Å²) < 4.78 is 0. The summed E-state index contributed by atoms with van der Waals surface area (Å²) in [4.78, 5) is 15.8. The van der Waals surface area contributed by atoms with Crippen LogP contribution in [0.3, 0.4) is 0 Å². The van der Waals surface area contributed by atoms with Gasteiger partial charge in [0.25, 0.3) is 0 Å². The molecule has 1 unspecified atom stereocenters. The Hall–Kier alpha value is -1.53. The first-order valence-corrected chi connectivity index (χ1v) is 7.71. The topological polar surface area (TPSA) is 53.9 Å². The average Bonchev–Trinajstić information content (AvgIpc) is 2.98. The van der Waals surface area contributed by atoms with E-state index >= 15 is 0 Å². The highest BCUT2D eigenvalue weighted by Gasteiger charge is 2.23. The Bertz CT molecular complexity index is 609. The Morgan fingerprint density at radius 2 is 2.15 bits per heavy atom. The number of nitrogens with zero attached hydrogens (tertiary/aromatic N) is 4. The fraction of sp³-hybridized carbons (Fsp3) is 0.500. The molecule has 1 aliphatic heterocycles. The van der Waals surface area contributed by atoms with Gasteiger partial charge in [-0.25, -0.2) is 15.0 Å². The van der Waals surface area contributed by atoms with Crippen molar-refractivity contribution in [3.05, 3.63) is 28.7 Å². The lowest BCUT2D eigenvalue weighted by atomic mass is 10.0. The summed E-state index contributed by atoms with van der Waals surface area (Å²) in [5, 5.41) is 6.20. The van der Waals surface area contributed by atoms with Crippen molar-refractivity contribution >= 4 is 22.3 Å². The van der Waals surface area contributed by atoms with E-state index in [1.54, 1.807) is 11.3 Å². The fourth-order valence-electron chi connectivity index (χ4n) is 2.56. The van der Waals surface area contributed by atoms with Gasteiger partial charge in [-0.05, 0) is 33.9 Å². The van der Waals surface area contributed by atoms with Crippen LogP contribution in [-0.4, -0.2) is 40.0 Å². The van der Waals surface area contributed by atoms with Gasteiger partial charge in [0.05, 0.1) is 11.4 Å². The van der Waals surface area contributed by atoms with Crippen LogP contribution in [0.2, 0.25) is 0 Å². The smallest absolute Gasteiger partial charge is 0.188 e. The molecule has 1 atom stereocenters. The van der Waals surface area contributed by atoms with Crippen LogP contribution in [0.1, 0.15) is 29.6 Å². The fourth-order valence-corrected chi connectivity index (χ4v) is 3.26. The summed E-state index contributed by atoms with van der Waals surface area (Å²) in [6, 6.07) is 2.06. The molecule has 106 valence electrons. The molecule has 0 bridgehead atoms. The van der Waals surface area contributed by atoms with Crippen molar-refractivity contribution in [1.82, 2.24) is 19.9 Å². The van der Waals surface area contributed by atoms with Gasteiger partial charge in [0, 0.05) is 23.9 Å².